The number of aromatic nitrogens is 1. The zero-order valence-electron chi connectivity index (χ0n) is 13.4. The van der Waals surface area contributed by atoms with E-state index < -0.39 is 0 Å². The minimum Gasteiger partial charge on any atom is -0.376 e. The molecule has 1 aromatic heterocycles. The minimum atomic E-state index is -0.0812. The van der Waals surface area contributed by atoms with E-state index in [9.17, 15) is 4.79 Å². The second-order valence-electron chi connectivity index (χ2n) is 6.26. The van der Waals surface area contributed by atoms with Crippen molar-refractivity contribution in [3.05, 3.63) is 29.6 Å². The Morgan fingerprint density at radius 1 is 1.45 bits per heavy atom. The Morgan fingerprint density at radius 3 is 2.86 bits per heavy atom. The molecule has 120 valence electrons. The van der Waals surface area contributed by atoms with Crippen LogP contribution in [0.2, 0.25) is 0 Å². The van der Waals surface area contributed by atoms with Gasteiger partial charge in [-0.1, -0.05) is 0 Å². The Hall–Kier alpha value is -1.46. The third-order valence-corrected chi connectivity index (χ3v) is 4.70. The molecule has 1 spiro atoms. The van der Waals surface area contributed by atoms with Gasteiger partial charge in [-0.05, 0) is 38.8 Å². The highest BCUT2D eigenvalue weighted by molar-refractivity contribution is 5.94. The van der Waals surface area contributed by atoms with E-state index in [1.165, 1.54) is 0 Å². The molecule has 5 nitrogen and oxygen atoms in total. The van der Waals surface area contributed by atoms with Gasteiger partial charge >= 0.3 is 0 Å². The molecule has 0 bridgehead atoms. The molecule has 5 heteroatoms. The first kappa shape index (κ1) is 15.4. The SMILES string of the molecule is CCOC1COC2(CCN(C(=O)c3ccc(C)nc3)CC2)C1. The molecule has 3 rings (SSSR count). The van der Waals surface area contributed by atoms with Gasteiger partial charge in [0.2, 0.25) is 0 Å². The van der Waals surface area contributed by atoms with Crippen LogP contribution in [-0.4, -0.2) is 53.8 Å². The van der Waals surface area contributed by atoms with Crippen molar-refractivity contribution in [2.75, 3.05) is 26.3 Å². The van der Waals surface area contributed by atoms with Gasteiger partial charge in [0.15, 0.2) is 0 Å². The Morgan fingerprint density at radius 2 is 2.23 bits per heavy atom. The molecule has 0 saturated carbocycles. The van der Waals surface area contributed by atoms with Crippen LogP contribution in [0.25, 0.3) is 0 Å². The first-order valence-corrected chi connectivity index (χ1v) is 8.09. The first-order valence-electron chi connectivity index (χ1n) is 8.09. The Labute approximate surface area is 131 Å². The number of piperidine rings is 1. The van der Waals surface area contributed by atoms with Gasteiger partial charge < -0.3 is 14.4 Å². The lowest BCUT2D eigenvalue weighted by Crippen LogP contribution is -2.46. The van der Waals surface area contributed by atoms with Crippen LogP contribution in [0.3, 0.4) is 0 Å². The Kier molecular flexibility index (Phi) is 4.45. The van der Waals surface area contributed by atoms with Crippen molar-refractivity contribution in [1.29, 1.82) is 0 Å². The summed E-state index contributed by atoms with van der Waals surface area (Å²) in [7, 11) is 0. The van der Waals surface area contributed by atoms with Crippen molar-refractivity contribution >= 4 is 5.91 Å². The fraction of sp³-hybridized carbons (Fsp3) is 0.647. The average Bonchev–Trinajstić information content (AvgIpc) is 2.91. The van der Waals surface area contributed by atoms with Gasteiger partial charge in [-0.15, -0.1) is 0 Å². The van der Waals surface area contributed by atoms with Gasteiger partial charge in [0.05, 0.1) is 23.9 Å². The van der Waals surface area contributed by atoms with Crippen LogP contribution in [0.15, 0.2) is 18.3 Å². The molecule has 2 fully saturated rings. The average molecular weight is 304 g/mol. The largest absolute Gasteiger partial charge is 0.376 e. The second kappa shape index (κ2) is 6.34. The van der Waals surface area contributed by atoms with Gasteiger partial charge in [0.1, 0.15) is 0 Å². The quantitative estimate of drug-likeness (QED) is 0.859. The molecule has 1 amide bonds. The third kappa shape index (κ3) is 3.15. The molecule has 2 saturated heterocycles. The van der Waals surface area contributed by atoms with E-state index in [4.69, 9.17) is 9.47 Å². The van der Waals surface area contributed by atoms with Crippen LogP contribution in [0.5, 0.6) is 0 Å². The number of rotatable bonds is 3. The number of nitrogens with zero attached hydrogens (tertiary/aromatic N) is 2. The summed E-state index contributed by atoms with van der Waals surface area (Å²) in [6.07, 6.45) is 4.62. The minimum absolute atomic E-state index is 0.0710. The molecule has 0 N–H and O–H groups in total. The number of aryl methyl sites for hydroxylation is 1. The van der Waals surface area contributed by atoms with Gasteiger partial charge in [-0.2, -0.15) is 0 Å². The molecule has 22 heavy (non-hydrogen) atoms. The fourth-order valence-corrected chi connectivity index (χ4v) is 3.39. The van der Waals surface area contributed by atoms with Gasteiger partial charge in [-0.3, -0.25) is 9.78 Å². The van der Waals surface area contributed by atoms with E-state index in [0.29, 0.717) is 12.2 Å². The molecule has 2 aliphatic rings. The van der Waals surface area contributed by atoms with E-state index in [-0.39, 0.29) is 17.6 Å². The van der Waals surface area contributed by atoms with Crippen molar-refractivity contribution in [3.63, 3.8) is 0 Å². The Balaban J connectivity index is 1.58. The summed E-state index contributed by atoms with van der Waals surface area (Å²) >= 11 is 0. The number of carbonyl (C=O) groups is 1. The predicted molar refractivity (Wildman–Crippen MR) is 82.8 cm³/mol. The highest BCUT2D eigenvalue weighted by Gasteiger charge is 2.43. The number of hydrogen-bond acceptors (Lipinski definition) is 4. The highest BCUT2D eigenvalue weighted by atomic mass is 16.6. The number of carbonyl (C=O) groups excluding carboxylic acids is 1. The summed E-state index contributed by atoms with van der Waals surface area (Å²) in [5.74, 6) is 0.0710. The molecular weight excluding hydrogens is 280 g/mol. The summed E-state index contributed by atoms with van der Waals surface area (Å²) in [5.41, 5.74) is 1.51. The molecule has 3 heterocycles. The summed E-state index contributed by atoms with van der Waals surface area (Å²) in [5, 5.41) is 0. The van der Waals surface area contributed by atoms with Crippen molar-refractivity contribution < 1.29 is 14.3 Å². The molecule has 1 aromatic rings. The molecule has 2 aliphatic heterocycles. The summed E-state index contributed by atoms with van der Waals surface area (Å²) in [6.45, 7) is 6.84. The lowest BCUT2D eigenvalue weighted by Gasteiger charge is -2.38. The summed E-state index contributed by atoms with van der Waals surface area (Å²) in [4.78, 5) is 18.6. The predicted octanol–water partition coefficient (Wildman–Crippen LogP) is 2.19. The molecule has 0 aliphatic carbocycles. The maximum atomic E-state index is 12.5. The van der Waals surface area contributed by atoms with E-state index in [0.717, 1.165) is 44.7 Å². The van der Waals surface area contributed by atoms with Crippen LogP contribution in [0, 0.1) is 6.92 Å². The Bertz CT molecular complexity index is 521. The number of amides is 1. The van der Waals surface area contributed by atoms with Crippen LogP contribution in [0.4, 0.5) is 0 Å². The lowest BCUT2D eigenvalue weighted by molar-refractivity contribution is -0.0407. The zero-order valence-corrected chi connectivity index (χ0v) is 13.4. The molecule has 0 aromatic carbocycles. The van der Waals surface area contributed by atoms with Crippen LogP contribution < -0.4 is 0 Å². The highest BCUT2D eigenvalue weighted by Crippen LogP contribution is 2.37. The molecule has 1 atom stereocenters. The third-order valence-electron chi connectivity index (χ3n) is 4.70. The topological polar surface area (TPSA) is 51.7 Å². The zero-order chi connectivity index (χ0) is 15.6. The number of likely N-dealkylation sites (tertiary alicyclic amines) is 1. The molecular formula is C17H24N2O3. The van der Waals surface area contributed by atoms with Crippen LogP contribution in [-0.2, 0) is 9.47 Å². The van der Waals surface area contributed by atoms with Crippen LogP contribution in [0.1, 0.15) is 42.2 Å². The van der Waals surface area contributed by atoms with Crippen molar-refractivity contribution in [2.45, 2.75) is 44.8 Å². The van der Waals surface area contributed by atoms with Crippen molar-refractivity contribution in [2.24, 2.45) is 0 Å². The smallest absolute Gasteiger partial charge is 0.255 e. The normalized spacial score (nSPS) is 23.9. The van der Waals surface area contributed by atoms with Gasteiger partial charge in [0.25, 0.3) is 5.91 Å². The van der Waals surface area contributed by atoms with Crippen LogP contribution >= 0.6 is 0 Å². The van der Waals surface area contributed by atoms with E-state index in [1.54, 1.807) is 6.20 Å². The van der Waals surface area contributed by atoms with Gasteiger partial charge in [-0.25, -0.2) is 0 Å². The second-order valence-corrected chi connectivity index (χ2v) is 6.26. The van der Waals surface area contributed by atoms with E-state index in [1.807, 2.05) is 30.9 Å². The maximum absolute atomic E-state index is 12.5. The fourth-order valence-electron chi connectivity index (χ4n) is 3.39. The van der Waals surface area contributed by atoms with E-state index in [2.05, 4.69) is 4.98 Å². The first-order chi connectivity index (χ1) is 10.6. The molecule has 1 unspecified atom stereocenters. The van der Waals surface area contributed by atoms with E-state index >= 15 is 0 Å². The number of pyridine rings is 1. The van der Waals surface area contributed by atoms with Crippen molar-refractivity contribution in [1.82, 2.24) is 9.88 Å². The number of ether oxygens (including phenoxy) is 2. The lowest BCUT2D eigenvalue weighted by atomic mass is 9.87. The maximum Gasteiger partial charge on any atom is 0.255 e. The molecule has 0 radical (unpaired) electrons. The standard InChI is InChI=1S/C17H24N2O3/c1-3-21-15-10-17(22-12-15)6-8-19(9-7-17)16(20)14-5-4-13(2)18-11-14/h4-5,11,15H,3,6-10,12H2,1-2H3. The number of hydrogen-bond donors (Lipinski definition) is 0. The summed E-state index contributed by atoms with van der Waals surface area (Å²) in [6, 6.07) is 3.73. The van der Waals surface area contributed by atoms with Crippen molar-refractivity contribution in [3.8, 4) is 0 Å². The monoisotopic (exact) mass is 304 g/mol. The summed E-state index contributed by atoms with van der Waals surface area (Å²) < 4.78 is 11.7. The van der Waals surface area contributed by atoms with Gasteiger partial charge in [0, 0.05) is 38.0 Å².